The Bertz CT molecular complexity index is 1120. The van der Waals surface area contributed by atoms with E-state index in [1.54, 1.807) is 6.07 Å². The van der Waals surface area contributed by atoms with E-state index in [-0.39, 0.29) is 22.6 Å². The largest absolute Gasteiger partial charge is 0.444 e. The van der Waals surface area contributed by atoms with Gasteiger partial charge in [-0.05, 0) is 59.1 Å². The molecule has 0 fully saturated rings. The zero-order valence-electron chi connectivity index (χ0n) is 15.9. The number of hydrogen-bond acceptors (Lipinski definition) is 6. The lowest BCUT2D eigenvalue weighted by molar-refractivity contribution is -0.114. The number of thioether (sulfide) groups is 1. The van der Waals surface area contributed by atoms with Crippen molar-refractivity contribution in [1.82, 2.24) is 5.32 Å². The topological polar surface area (TPSA) is 137 Å². The molecular formula is C19H16BrN5O4S. The lowest BCUT2D eigenvalue weighted by Gasteiger charge is -2.15. The summed E-state index contributed by atoms with van der Waals surface area (Å²) in [5.74, 6) is -2.43. The van der Waals surface area contributed by atoms with Crippen LogP contribution < -0.4 is 10.6 Å². The van der Waals surface area contributed by atoms with Gasteiger partial charge in [0.1, 0.15) is 0 Å². The van der Waals surface area contributed by atoms with Crippen molar-refractivity contribution in [3.63, 3.8) is 0 Å². The van der Waals surface area contributed by atoms with E-state index in [2.05, 4.69) is 36.5 Å². The molecule has 0 unspecified atom stereocenters. The second-order valence-corrected chi connectivity index (χ2v) is 7.92. The van der Waals surface area contributed by atoms with Crippen molar-refractivity contribution < 1.29 is 18.8 Å². The van der Waals surface area contributed by atoms with Gasteiger partial charge < -0.3 is 9.73 Å². The number of aliphatic imine (C=N–C) groups is 2. The van der Waals surface area contributed by atoms with E-state index in [9.17, 15) is 14.4 Å². The highest BCUT2D eigenvalue weighted by Gasteiger charge is 2.27. The minimum Gasteiger partial charge on any atom is -0.444 e. The minimum atomic E-state index is -0.810. The van der Waals surface area contributed by atoms with E-state index in [4.69, 9.17) is 9.83 Å². The Balaban J connectivity index is 1.62. The van der Waals surface area contributed by atoms with Gasteiger partial charge in [-0.1, -0.05) is 23.9 Å². The first-order valence-electron chi connectivity index (χ1n) is 8.61. The maximum Gasteiger partial charge on any atom is 0.313 e. The number of carbonyl (C=O) groups is 3. The van der Waals surface area contributed by atoms with Gasteiger partial charge in [0.15, 0.2) is 27.1 Å². The molecular weight excluding hydrogens is 474 g/mol. The van der Waals surface area contributed by atoms with Crippen molar-refractivity contribution in [1.29, 1.82) is 5.41 Å². The van der Waals surface area contributed by atoms with Crippen molar-refractivity contribution in [2.75, 3.05) is 11.1 Å². The number of furan rings is 1. The van der Waals surface area contributed by atoms with E-state index >= 15 is 0 Å². The van der Waals surface area contributed by atoms with E-state index in [0.29, 0.717) is 10.4 Å². The first-order chi connectivity index (χ1) is 14.2. The summed E-state index contributed by atoms with van der Waals surface area (Å²) in [4.78, 5) is 44.0. The number of halogens is 1. The van der Waals surface area contributed by atoms with Crippen LogP contribution in [0.4, 0.5) is 5.69 Å². The third-order valence-corrected chi connectivity index (χ3v) is 5.39. The van der Waals surface area contributed by atoms with Gasteiger partial charge >= 0.3 is 5.91 Å². The molecule has 1 aromatic carbocycles. The van der Waals surface area contributed by atoms with Gasteiger partial charge in [-0.15, -0.1) is 0 Å². The number of rotatable bonds is 4. The van der Waals surface area contributed by atoms with E-state index in [0.717, 1.165) is 22.9 Å². The fourth-order valence-corrected chi connectivity index (χ4v) is 3.38. The molecule has 9 nitrogen and oxygen atoms in total. The highest BCUT2D eigenvalue weighted by atomic mass is 79.9. The Hall–Kier alpha value is -3.05. The summed E-state index contributed by atoms with van der Waals surface area (Å²) < 4.78 is 5.42. The van der Waals surface area contributed by atoms with E-state index in [1.807, 2.05) is 26.0 Å². The number of amides is 3. The molecule has 0 spiro atoms. The molecule has 0 atom stereocenters. The zero-order valence-corrected chi connectivity index (χ0v) is 18.3. The molecule has 3 rings (SSSR count). The number of benzene rings is 1. The molecule has 1 aliphatic heterocycles. The molecule has 0 radical (unpaired) electrons. The van der Waals surface area contributed by atoms with Crippen molar-refractivity contribution in [2.24, 2.45) is 9.98 Å². The van der Waals surface area contributed by atoms with E-state index < -0.39 is 23.4 Å². The first-order valence-corrected chi connectivity index (χ1v) is 10.4. The Kier molecular flexibility index (Phi) is 6.63. The zero-order chi connectivity index (χ0) is 21.8. The van der Waals surface area contributed by atoms with E-state index in [1.165, 1.54) is 12.1 Å². The normalized spacial score (nSPS) is 15.0. The summed E-state index contributed by atoms with van der Waals surface area (Å²) in [6, 6.07) is 8.50. The quantitative estimate of drug-likeness (QED) is 0.605. The molecule has 2 aromatic rings. The Labute approximate surface area is 184 Å². The predicted molar refractivity (Wildman–Crippen MR) is 118 cm³/mol. The van der Waals surface area contributed by atoms with Gasteiger partial charge in [-0.3, -0.25) is 25.1 Å². The van der Waals surface area contributed by atoms with Crippen LogP contribution in [-0.2, 0) is 9.59 Å². The highest BCUT2D eigenvalue weighted by Crippen LogP contribution is 2.19. The number of carbonyl (C=O) groups excluding carboxylic acids is 3. The van der Waals surface area contributed by atoms with Crippen LogP contribution in [0, 0.1) is 19.3 Å². The number of anilines is 1. The molecule has 3 N–H and O–H groups in total. The standard InChI is InChI=1S/C19H16BrN5O4S/c1-9-4-3-5-11(10(9)2)22-14(26)8-30-19-24-16(21)15(18(28)25-19)23-17(27)12-6-7-13(20)29-12/h3-7H,8H2,1-2H3,(H,22,26)(H2,21,24,25,28). The van der Waals surface area contributed by atoms with Crippen LogP contribution in [0.5, 0.6) is 0 Å². The molecule has 154 valence electrons. The minimum absolute atomic E-state index is 0.0222. The summed E-state index contributed by atoms with van der Waals surface area (Å²) in [5, 5.41) is 13.2. The van der Waals surface area contributed by atoms with Crippen LogP contribution in [0.2, 0.25) is 0 Å². The van der Waals surface area contributed by atoms with Gasteiger partial charge in [0.05, 0.1) is 5.75 Å². The molecule has 11 heteroatoms. The van der Waals surface area contributed by atoms with Gasteiger partial charge in [-0.25, -0.2) is 4.99 Å². The Morgan fingerprint density at radius 2 is 2.07 bits per heavy atom. The Morgan fingerprint density at radius 1 is 1.30 bits per heavy atom. The molecule has 1 aromatic heterocycles. The number of amidine groups is 2. The second-order valence-electron chi connectivity index (χ2n) is 6.17. The maximum absolute atomic E-state index is 12.2. The summed E-state index contributed by atoms with van der Waals surface area (Å²) in [6.45, 7) is 3.86. The summed E-state index contributed by atoms with van der Waals surface area (Å²) in [6.07, 6.45) is 0. The molecule has 0 bridgehead atoms. The number of hydrogen-bond donors (Lipinski definition) is 3. The lowest BCUT2D eigenvalue weighted by atomic mass is 10.1. The fourth-order valence-electron chi connectivity index (χ4n) is 2.41. The van der Waals surface area contributed by atoms with Crippen molar-refractivity contribution in [3.05, 3.63) is 51.9 Å². The van der Waals surface area contributed by atoms with Crippen LogP contribution in [-0.4, -0.2) is 40.2 Å². The molecule has 0 saturated heterocycles. The maximum atomic E-state index is 12.2. The summed E-state index contributed by atoms with van der Waals surface area (Å²) in [7, 11) is 0. The van der Waals surface area contributed by atoms with Gasteiger partial charge in [-0.2, -0.15) is 4.99 Å². The molecule has 30 heavy (non-hydrogen) atoms. The average molecular weight is 490 g/mol. The van der Waals surface area contributed by atoms with Crippen LogP contribution in [0.15, 0.2) is 49.4 Å². The lowest BCUT2D eigenvalue weighted by Crippen LogP contribution is -2.43. The second kappa shape index (κ2) is 9.18. The smallest absolute Gasteiger partial charge is 0.313 e. The summed E-state index contributed by atoms with van der Waals surface area (Å²) in [5.41, 5.74) is 2.30. The third kappa shape index (κ3) is 5.10. The molecule has 3 amide bonds. The number of aryl methyl sites for hydroxylation is 1. The average Bonchev–Trinajstić information content (AvgIpc) is 3.13. The molecule has 0 saturated carbocycles. The van der Waals surface area contributed by atoms with Crippen LogP contribution in [0.3, 0.4) is 0 Å². The van der Waals surface area contributed by atoms with Crippen molar-refractivity contribution in [2.45, 2.75) is 13.8 Å². The van der Waals surface area contributed by atoms with Crippen molar-refractivity contribution >= 4 is 67.8 Å². The van der Waals surface area contributed by atoms with Gasteiger partial charge in [0.2, 0.25) is 5.91 Å². The number of nitrogens with zero attached hydrogens (tertiary/aromatic N) is 2. The third-order valence-electron chi connectivity index (χ3n) is 4.09. The van der Waals surface area contributed by atoms with Crippen molar-refractivity contribution in [3.8, 4) is 0 Å². The highest BCUT2D eigenvalue weighted by molar-refractivity contribution is 9.10. The van der Waals surface area contributed by atoms with Crippen LogP contribution in [0.1, 0.15) is 21.7 Å². The number of nitrogens with one attached hydrogen (secondary N) is 3. The Morgan fingerprint density at radius 3 is 2.73 bits per heavy atom. The first kappa shape index (κ1) is 21.7. The molecule has 1 aliphatic rings. The monoisotopic (exact) mass is 489 g/mol. The molecule has 0 aliphatic carbocycles. The van der Waals surface area contributed by atoms with Crippen LogP contribution >= 0.6 is 27.7 Å². The predicted octanol–water partition coefficient (Wildman–Crippen LogP) is 3.08. The SMILES string of the molecule is Cc1cccc(NC(=O)CSC2=NC(=N)C(=NC(=O)c3ccc(Br)o3)C(=O)N2)c1C. The fraction of sp³-hybridized carbons (Fsp3) is 0.158. The van der Waals surface area contributed by atoms with Crippen LogP contribution in [0.25, 0.3) is 0 Å². The van der Waals surface area contributed by atoms with Gasteiger partial charge in [0.25, 0.3) is 5.91 Å². The molecule has 2 heterocycles. The summed E-state index contributed by atoms with van der Waals surface area (Å²) >= 11 is 4.03. The van der Waals surface area contributed by atoms with Gasteiger partial charge in [0, 0.05) is 5.69 Å².